The van der Waals surface area contributed by atoms with Gasteiger partial charge in [0.1, 0.15) is 6.04 Å². The van der Waals surface area contributed by atoms with Crippen LogP contribution in [0.4, 0.5) is 0 Å². The molecule has 1 aromatic carbocycles. The van der Waals surface area contributed by atoms with Crippen molar-refractivity contribution in [1.29, 1.82) is 0 Å². The van der Waals surface area contributed by atoms with Gasteiger partial charge in [-0.05, 0) is 30.0 Å². The topological polar surface area (TPSA) is 45.2 Å². The van der Waals surface area contributed by atoms with E-state index in [0.29, 0.717) is 6.54 Å². The monoisotopic (exact) mass is 295 g/mol. The number of likely N-dealkylation sites (tertiary alicyclic amines) is 1. The summed E-state index contributed by atoms with van der Waals surface area (Å²) >= 11 is 0. The fraction of sp³-hybridized carbons (Fsp3) is 0.333. The van der Waals surface area contributed by atoms with Crippen LogP contribution in [0.5, 0.6) is 0 Å². The van der Waals surface area contributed by atoms with Gasteiger partial charge in [0.05, 0.1) is 0 Å². The Bertz CT molecular complexity index is 594. The van der Waals surface area contributed by atoms with Crippen LogP contribution in [0.15, 0.2) is 54.9 Å². The molecule has 4 nitrogen and oxygen atoms in total. The highest BCUT2D eigenvalue weighted by Crippen LogP contribution is 2.19. The Kier molecular flexibility index (Phi) is 4.81. The first-order valence-corrected chi connectivity index (χ1v) is 7.80. The molecule has 0 radical (unpaired) electrons. The SMILES string of the molecule is O=C(C(NCc1cccnc1)c1ccccc1)N1CCCC1. The lowest BCUT2D eigenvalue weighted by Crippen LogP contribution is -2.39. The summed E-state index contributed by atoms with van der Waals surface area (Å²) in [5.74, 6) is 0.174. The van der Waals surface area contributed by atoms with E-state index >= 15 is 0 Å². The number of amides is 1. The van der Waals surface area contributed by atoms with Crippen LogP contribution in [0.1, 0.15) is 30.0 Å². The summed E-state index contributed by atoms with van der Waals surface area (Å²) in [5.41, 5.74) is 2.10. The lowest BCUT2D eigenvalue weighted by atomic mass is 10.1. The van der Waals surface area contributed by atoms with E-state index in [1.54, 1.807) is 6.20 Å². The van der Waals surface area contributed by atoms with Crippen molar-refractivity contribution in [3.63, 3.8) is 0 Å². The third-order valence-corrected chi connectivity index (χ3v) is 4.03. The van der Waals surface area contributed by atoms with E-state index in [-0.39, 0.29) is 11.9 Å². The third kappa shape index (κ3) is 3.52. The van der Waals surface area contributed by atoms with Gasteiger partial charge in [-0.15, -0.1) is 0 Å². The minimum atomic E-state index is -0.292. The van der Waals surface area contributed by atoms with Crippen molar-refractivity contribution >= 4 is 5.91 Å². The molecule has 0 spiro atoms. The zero-order valence-corrected chi connectivity index (χ0v) is 12.6. The molecular formula is C18H21N3O. The predicted molar refractivity (Wildman–Crippen MR) is 86.1 cm³/mol. The molecule has 1 unspecified atom stereocenters. The number of hydrogen-bond donors (Lipinski definition) is 1. The van der Waals surface area contributed by atoms with Crippen LogP contribution < -0.4 is 5.32 Å². The lowest BCUT2D eigenvalue weighted by molar-refractivity contribution is -0.132. The summed E-state index contributed by atoms with van der Waals surface area (Å²) in [7, 11) is 0. The number of benzene rings is 1. The van der Waals surface area contributed by atoms with Gasteiger partial charge in [-0.1, -0.05) is 36.4 Å². The first kappa shape index (κ1) is 14.7. The van der Waals surface area contributed by atoms with Crippen molar-refractivity contribution in [2.45, 2.75) is 25.4 Å². The Morgan fingerprint density at radius 1 is 1.14 bits per heavy atom. The Morgan fingerprint density at radius 2 is 1.91 bits per heavy atom. The molecule has 1 aliphatic heterocycles. The van der Waals surface area contributed by atoms with Crippen molar-refractivity contribution in [2.75, 3.05) is 13.1 Å². The third-order valence-electron chi connectivity index (χ3n) is 4.03. The molecular weight excluding hydrogens is 274 g/mol. The molecule has 2 aromatic rings. The second-order valence-electron chi connectivity index (χ2n) is 5.62. The van der Waals surface area contributed by atoms with Gasteiger partial charge in [0.2, 0.25) is 5.91 Å². The average molecular weight is 295 g/mol. The maximum atomic E-state index is 12.8. The molecule has 4 heteroatoms. The van der Waals surface area contributed by atoms with Gasteiger partial charge in [0.15, 0.2) is 0 Å². The van der Waals surface area contributed by atoms with E-state index in [9.17, 15) is 4.79 Å². The van der Waals surface area contributed by atoms with Gasteiger partial charge in [-0.3, -0.25) is 15.1 Å². The minimum Gasteiger partial charge on any atom is -0.341 e. The first-order valence-electron chi connectivity index (χ1n) is 7.80. The quantitative estimate of drug-likeness (QED) is 0.922. The Balaban J connectivity index is 1.75. The molecule has 114 valence electrons. The molecule has 1 aromatic heterocycles. The van der Waals surface area contributed by atoms with E-state index in [4.69, 9.17) is 0 Å². The molecule has 0 saturated carbocycles. The normalized spacial score (nSPS) is 15.7. The molecule has 1 atom stereocenters. The molecule has 1 fully saturated rings. The van der Waals surface area contributed by atoms with Crippen molar-refractivity contribution in [2.24, 2.45) is 0 Å². The maximum Gasteiger partial charge on any atom is 0.244 e. The minimum absolute atomic E-state index is 0.174. The summed E-state index contributed by atoms with van der Waals surface area (Å²) in [4.78, 5) is 18.9. The number of carbonyl (C=O) groups is 1. The van der Waals surface area contributed by atoms with Crippen LogP contribution in [0.25, 0.3) is 0 Å². The Hall–Kier alpha value is -2.20. The van der Waals surface area contributed by atoms with E-state index in [1.165, 1.54) is 0 Å². The molecule has 1 aliphatic rings. The summed E-state index contributed by atoms with van der Waals surface area (Å²) < 4.78 is 0. The van der Waals surface area contributed by atoms with Crippen LogP contribution in [0.2, 0.25) is 0 Å². The second kappa shape index (κ2) is 7.18. The van der Waals surface area contributed by atoms with Gasteiger partial charge in [-0.25, -0.2) is 0 Å². The predicted octanol–water partition coefficient (Wildman–Crippen LogP) is 2.53. The molecule has 1 saturated heterocycles. The van der Waals surface area contributed by atoms with Crippen LogP contribution in [-0.4, -0.2) is 28.9 Å². The van der Waals surface area contributed by atoms with Crippen LogP contribution in [0, 0.1) is 0 Å². The fourth-order valence-electron chi connectivity index (χ4n) is 2.84. The average Bonchev–Trinajstić information content (AvgIpc) is 3.11. The van der Waals surface area contributed by atoms with Crippen molar-refractivity contribution in [1.82, 2.24) is 15.2 Å². The van der Waals surface area contributed by atoms with Crippen LogP contribution in [0.3, 0.4) is 0 Å². The molecule has 2 heterocycles. The summed E-state index contributed by atoms with van der Waals surface area (Å²) in [6, 6.07) is 13.6. The van der Waals surface area contributed by atoms with E-state index in [0.717, 1.165) is 37.1 Å². The van der Waals surface area contributed by atoms with Gasteiger partial charge in [-0.2, -0.15) is 0 Å². The molecule has 1 amide bonds. The highest BCUT2D eigenvalue weighted by molar-refractivity contribution is 5.83. The number of carbonyl (C=O) groups excluding carboxylic acids is 1. The number of aromatic nitrogens is 1. The summed E-state index contributed by atoms with van der Waals surface area (Å²) in [6.07, 6.45) is 5.80. The highest BCUT2D eigenvalue weighted by Gasteiger charge is 2.27. The molecule has 3 rings (SSSR count). The van der Waals surface area contributed by atoms with E-state index in [2.05, 4.69) is 10.3 Å². The number of nitrogens with zero attached hydrogens (tertiary/aromatic N) is 2. The summed E-state index contributed by atoms with van der Waals surface area (Å²) in [6.45, 7) is 2.38. The molecule has 1 N–H and O–H groups in total. The van der Waals surface area contributed by atoms with Crippen molar-refractivity contribution < 1.29 is 4.79 Å². The second-order valence-corrected chi connectivity index (χ2v) is 5.62. The zero-order chi connectivity index (χ0) is 15.2. The number of rotatable bonds is 5. The van der Waals surface area contributed by atoms with Crippen LogP contribution in [-0.2, 0) is 11.3 Å². The highest BCUT2D eigenvalue weighted by atomic mass is 16.2. The lowest BCUT2D eigenvalue weighted by Gasteiger charge is -2.24. The number of pyridine rings is 1. The van der Waals surface area contributed by atoms with E-state index < -0.39 is 0 Å². The number of nitrogens with one attached hydrogen (secondary N) is 1. The van der Waals surface area contributed by atoms with Gasteiger partial charge < -0.3 is 4.90 Å². The maximum absolute atomic E-state index is 12.8. The zero-order valence-electron chi connectivity index (χ0n) is 12.6. The molecule has 0 aliphatic carbocycles. The summed E-state index contributed by atoms with van der Waals surface area (Å²) in [5, 5.41) is 3.40. The standard InChI is InChI=1S/C18H21N3O/c22-18(21-11-4-5-12-21)17(16-8-2-1-3-9-16)20-14-15-7-6-10-19-13-15/h1-3,6-10,13,17,20H,4-5,11-12,14H2. The van der Waals surface area contributed by atoms with Gasteiger partial charge in [0, 0.05) is 32.0 Å². The fourth-order valence-corrected chi connectivity index (χ4v) is 2.84. The van der Waals surface area contributed by atoms with E-state index in [1.807, 2.05) is 53.6 Å². The molecule has 22 heavy (non-hydrogen) atoms. The molecule has 0 bridgehead atoms. The first-order chi connectivity index (χ1) is 10.8. The smallest absolute Gasteiger partial charge is 0.244 e. The Labute approximate surface area is 131 Å². The van der Waals surface area contributed by atoms with Crippen molar-refractivity contribution in [3.8, 4) is 0 Å². The largest absolute Gasteiger partial charge is 0.341 e. The Morgan fingerprint density at radius 3 is 2.59 bits per heavy atom. The van der Waals surface area contributed by atoms with Crippen LogP contribution >= 0.6 is 0 Å². The van der Waals surface area contributed by atoms with Gasteiger partial charge >= 0.3 is 0 Å². The van der Waals surface area contributed by atoms with Crippen molar-refractivity contribution in [3.05, 3.63) is 66.0 Å². The van der Waals surface area contributed by atoms with Gasteiger partial charge in [0.25, 0.3) is 0 Å². The number of hydrogen-bond acceptors (Lipinski definition) is 3.